The van der Waals surface area contributed by atoms with Crippen molar-refractivity contribution >= 4 is 33.4 Å². The van der Waals surface area contributed by atoms with Crippen LogP contribution in [-0.2, 0) is 4.79 Å². The second-order valence-electron chi connectivity index (χ2n) is 5.82. The molecule has 0 saturated heterocycles. The summed E-state index contributed by atoms with van der Waals surface area (Å²) in [5.41, 5.74) is 10.8. The molecule has 0 spiro atoms. The van der Waals surface area contributed by atoms with E-state index in [-0.39, 0.29) is 18.5 Å². The second kappa shape index (κ2) is 7.25. The highest BCUT2D eigenvalue weighted by molar-refractivity contribution is 9.10. The molecule has 1 unspecified atom stereocenters. The Hall–Kier alpha value is -2.38. The van der Waals surface area contributed by atoms with Crippen LogP contribution in [0.3, 0.4) is 0 Å². The Kier molecular flexibility index (Phi) is 5.06. The quantitative estimate of drug-likeness (QED) is 0.805. The van der Waals surface area contributed by atoms with Crippen LogP contribution in [0.4, 0.5) is 5.69 Å². The van der Waals surface area contributed by atoms with Gasteiger partial charge in [-0.05, 0) is 36.2 Å². The van der Waals surface area contributed by atoms with Gasteiger partial charge in [-0.3, -0.25) is 14.6 Å². The maximum Gasteiger partial charge on any atom is 0.272 e. The van der Waals surface area contributed by atoms with E-state index in [1.807, 2.05) is 47.5 Å². The monoisotopic (exact) mass is 402 g/mol. The van der Waals surface area contributed by atoms with Crippen LogP contribution in [-0.4, -0.2) is 23.4 Å². The van der Waals surface area contributed by atoms with Gasteiger partial charge >= 0.3 is 0 Å². The number of para-hydroxylation sites is 1. The fourth-order valence-corrected chi connectivity index (χ4v) is 3.26. The van der Waals surface area contributed by atoms with E-state index >= 15 is 0 Å². The molecule has 0 saturated carbocycles. The number of amides is 2. The molecule has 0 bridgehead atoms. The number of nitrogens with zero attached hydrogens (tertiary/aromatic N) is 2. The van der Waals surface area contributed by atoms with Crippen molar-refractivity contribution < 1.29 is 9.59 Å². The lowest BCUT2D eigenvalue weighted by atomic mass is 10.0. The van der Waals surface area contributed by atoms with Crippen molar-refractivity contribution in [2.45, 2.75) is 19.4 Å². The Morgan fingerprint density at radius 3 is 2.52 bits per heavy atom. The predicted octanol–water partition coefficient (Wildman–Crippen LogP) is 2.77. The molecule has 0 fully saturated rings. The summed E-state index contributed by atoms with van der Waals surface area (Å²) in [6.07, 6.45) is 0.807. The zero-order chi connectivity index (χ0) is 18.0. The van der Waals surface area contributed by atoms with Gasteiger partial charge in [-0.15, -0.1) is 5.53 Å². The van der Waals surface area contributed by atoms with E-state index in [9.17, 15) is 9.59 Å². The molecule has 2 aromatic rings. The first-order valence-electron chi connectivity index (χ1n) is 8.01. The van der Waals surface area contributed by atoms with Crippen LogP contribution < -0.4 is 16.3 Å². The van der Waals surface area contributed by atoms with Crippen molar-refractivity contribution in [2.24, 2.45) is 5.73 Å². The molecule has 3 rings (SSSR count). The third-order valence-corrected chi connectivity index (χ3v) is 4.66. The summed E-state index contributed by atoms with van der Waals surface area (Å²) in [6, 6.07) is 15.4. The molecule has 3 N–H and O–H groups in total. The highest BCUT2D eigenvalue weighted by Gasteiger charge is 2.33. The van der Waals surface area contributed by atoms with E-state index in [0.29, 0.717) is 5.56 Å². The van der Waals surface area contributed by atoms with E-state index in [4.69, 9.17) is 5.73 Å². The minimum atomic E-state index is -0.572. The summed E-state index contributed by atoms with van der Waals surface area (Å²) in [4.78, 5) is 24.0. The molecular formula is C18H19BrN4O2. The lowest BCUT2D eigenvalue weighted by Gasteiger charge is -2.42. The number of nitrogens with one attached hydrogen (secondary N) is 1. The summed E-state index contributed by atoms with van der Waals surface area (Å²) in [7, 11) is 0. The number of benzene rings is 2. The van der Waals surface area contributed by atoms with E-state index in [2.05, 4.69) is 28.4 Å². The fraction of sp³-hybridized carbons (Fsp3) is 0.222. The number of carbonyl (C=O) groups is 2. The number of hydrogen-bond acceptors (Lipinski definition) is 4. The standard InChI is InChI=1S/C18H19BrN4O2/c1-2-15(12-7-9-13(19)10-8-12)23-16-6-4-3-5-14(16)18(25)22(21-23)11-17(20)24/h3-10,15,21H,2,11H2,1H3,(H2,20,24). The smallest absolute Gasteiger partial charge is 0.272 e. The number of anilines is 1. The Morgan fingerprint density at radius 2 is 1.88 bits per heavy atom. The lowest BCUT2D eigenvalue weighted by Crippen LogP contribution is -2.59. The van der Waals surface area contributed by atoms with Gasteiger partial charge < -0.3 is 5.73 Å². The number of halogens is 1. The molecule has 7 heteroatoms. The minimum Gasteiger partial charge on any atom is -0.368 e. The number of hydrazine groups is 2. The molecular weight excluding hydrogens is 384 g/mol. The first-order chi connectivity index (χ1) is 12.0. The van der Waals surface area contributed by atoms with Crippen molar-refractivity contribution in [3.05, 3.63) is 64.1 Å². The van der Waals surface area contributed by atoms with E-state index in [1.165, 1.54) is 5.01 Å². The molecule has 1 aliphatic rings. The predicted molar refractivity (Wildman–Crippen MR) is 99.5 cm³/mol. The molecule has 25 heavy (non-hydrogen) atoms. The highest BCUT2D eigenvalue weighted by Crippen LogP contribution is 2.34. The number of fused-ring (bicyclic) bond motifs is 1. The second-order valence-corrected chi connectivity index (χ2v) is 6.74. The summed E-state index contributed by atoms with van der Waals surface area (Å²) in [5.74, 6) is -0.840. The van der Waals surface area contributed by atoms with Gasteiger partial charge in [-0.1, -0.05) is 47.1 Å². The molecule has 1 aliphatic heterocycles. The Bertz CT molecular complexity index is 794. The van der Waals surface area contributed by atoms with Crippen LogP contribution in [0.2, 0.25) is 0 Å². The Labute approximate surface area is 154 Å². The molecule has 0 aliphatic carbocycles. The van der Waals surface area contributed by atoms with E-state index in [0.717, 1.165) is 22.1 Å². The number of nitrogens with two attached hydrogens (primary N) is 1. The summed E-state index contributed by atoms with van der Waals surface area (Å²) in [5, 5.41) is 3.18. The number of carbonyl (C=O) groups excluding carboxylic acids is 2. The van der Waals surface area contributed by atoms with Crippen LogP contribution in [0.1, 0.15) is 35.3 Å². The van der Waals surface area contributed by atoms with Gasteiger partial charge in [0.15, 0.2) is 0 Å². The van der Waals surface area contributed by atoms with Gasteiger partial charge in [0.05, 0.1) is 17.3 Å². The molecule has 2 amide bonds. The van der Waals surface area contributed by atoms with Gasteiger partial charge in [0.2, 0.25) is 5.91 Å². The number of hydrogen-bond donors (Lipinski definition) is 2. The van der Waals surface area contributed by atoms with Gasteiger partial charge in [0, 0.05) is 4.47 Å². The van der Waals surface area contributed by atoms with Crippen molar-refractivity contribution in [3.8, 4) is 0 Å². The first-order valence-corrected chi connectivity index (χ1v) is 8.80. The average Bonchev–Trinajstić information content (AvgIpc) is 2.60. The molecule has 2 aromatic carbocycles. The fourth-order valence-electron chi connectivity index (χ4n) is 2.99. The van der Waals surface area contributed by atoms with Gasteiger partial charge in [0.1, 0.15) is 6.54 Å². The SMILES string of the molecule is CCC(c1ccc(Br)cc1)N1NN(CC(N)=O)C(=O)c2ccccc21. The van der Waals surface area contributed by atoms with Gasteiger partial charge in [0.25, 0.3) is 5.91 Å². The first kappa shape index (κ1) is 17.4. The van der Waals surface area contributed by atoms with Crippen LogP contribution in [0.25, 0.3) is 0 Å². The zero-order valence-corrected chi connectivity index (χ0v) is 15.4. The topological polar surface area (TPSA) is 78.7 Å². The summed E-state index contributed by atoms with van der Waals surface area (Å²) >= 11 is 3.45. The third kappa shape index (κ3) is 3.52. The van der Waals surface area contributed by atoms with Crippen LogP contribution in [0.5, 0.6) is 0 Å². The normalized spacial score (nSPS) is 15.0. The van der Waals surface area contributed by atoms with Crippen molar-refractivity contribution in [3.63, 3.8) is 0 Å². The van der Waals surface area contributed by atoms with E-state index in [1.54, 1.807) is 6.07 Å². The van der Waals surface area contributed by atoms with Crippen LogP contribution >= 0.6 is 15.9 Å². The van der Waals surface area contributed by atoms with Crippen molar-refractivity contribution in [1.29, 1.82) is 0 Å². The lowest BCUT2D eigenvalue weighted by molar-refractivity contribution is -0.119. The molecule has 6 nitrogen and oxygen atoms in total. The summed E-state index contributed by atoms with van der Waals surface area (Å²) in [6.45, 7) is 1.88. The third-order valence-electron chi connectivity index (χ3n) is 4.13. The molecule has 0 aromatic heterocycles. The Morgan fingerprint density at radius 1 is 1.20 bits per heavy atom. The summed E-state index contributed by atoms with van der Waals surface area (Å²) < 4.78 is 1.00. The maximum absolute atomic E-state index is 12.6. The van der Waals surface area contributed by atoms with Gasteiger partial charge in [-0.25, -0.2) is 5.01 Å². The minimum absolute atomic E-state index is 0.0160. The molecule has 1 atom stereocenters. The molecule has 0 radical (unpaired) electrons. The number of rotatable bonds is 5. The Balaban J connectivity index is 2.03. The van der Waals surface area contributed by atoms with E-state index < -0.39 is 5.91 Å². The highest BCUT2D eigenvalue weighted by atomic mass is 79.9. The maximum atomic E-state index is 12.6. The molecule has 130 valence electrons. The number of primary amides is 1. The van der Waals surface area contributed by atoms with Crippen LogP contribution in [0, 0.1) is 0 Å². The zero-order valence-electron chi connectivity index (χ0n) is 13.8. The largest absolute Gasteiger partial charge is 0.368 e. The van der Waals surface area contributed by atoms with Gasteiger partial charge in [-0.2, -0.15) is 0 Å². The average molecular weight is 403 g/mol. The van der Waals surface area contributed by atoms with Crippen LogP contribution in [0.15, 0.2) is 53.0 Å². The van der Waals surface area contributed by atoms with Crippen molar-refractivity contribution in [2.75, 3.05) is 11.6 Å². The molecule has 1 heterocycles. The van der Waals surface area contributed by atoms with Crippen molar-refractivity contribution in [1.82, 2.24) is 10.5 Å².